The summed E-state index contributed by atoms with van der Waals surface area (Å²) in [6.07, 6.45) is 0.192. The van der Waals surface area contributed by atoms with Crippen molar-refractivity contribution in [1.29, 1.82) is 5.26 Å². The molecule has 0 saturated carbocycles. The zero-order chi connectivity index (χ0) is 13.5. The van der Waals surface area contributed by atoms with Crippen molar-refractivity contribution >= 4 is 6.03 Å². The van der Waals surface area contributed by atoms with Gasteiger partial charge in [-0.3, -0.25) is 5.01 Å². The maximum atomic E-state index is 11.6. The van der Waals surface area contributed by atoms with Crippen LogP contribution in [0.1, 0.15) is 34.1 Å². The first-order chi connectivity index (χ1) is 7.78. The summed E-state index contributed by atoms with van der Waals surface area (Å²) in [7, 11) is 0. The summed E-state index contributed by atoms with van der Waals surface area (Å²) in [4.78, 5) is 11.6. The minimum atomic E-state index is -0.814. The van der Waals surface area contributed by atoms with Crippen molar-refractivity contribution in [2.24, 2.45) is 16.1 Å². The van der Waals surface area contributed by atoms with Crippen LogP contribution >= 0.6 is 0 Å². The zero-order valence-electron chi connectivity index (χ0n) is 10.8. The molecule has 0 unspecified atom stereocenters. The van der Waals surface area contributed by atoms with E-state index < -0.39 is 11.7 Å². The molecule has 0 aromatic heterocycles. The van der Waals surface area contributed by atoms with Gasteiger partial charge in [0.05, 0.1) is 25.1 Å². The summed E-state index contributed by atoms with van der Waals surface area (Å²) >= 11 is 0. The van der Waals surface area contributed by atoms with Crippen LogP contribution in [-0.4, -0.2) is 29.3 Å². The molecule has 0 bridgehead atoms. The molecule has 17 heavy (non-hydrogen) atoms. The highest BCUT2D eigenvalue weighted by Gasteiger charge is 2.21. The lowest BCUT2D eigenvalue weighted by atomic mass is 10.3. The smallest absolute Gasteiger partial charge is 0.311 e. The standard InChI is InChI=1S/C10H20N6O/c1-8(2)14-15-10(3,4)13-9(17)16(12)7-5-6-11/h8H,5,7,12H2,1-4H3,(H,13,17)/b15-14+. The second kappa shape index (κ2) is 6.81. The van der Waals surface area contributed by atoms with Crippen LogP contribution < -0.4 is 11.2 Å². The average Bonchev–Trinajstić information content (AvgIpc) is 2.22. The number of hydrogen-bond acceptors (Lipinski definition) is 5. The zero-order valence-corrected chi connectivity index (χ0v) is 10.8. The van der Waals surface area contributed by atoms with Crippen LogP contribution in [0.4, 0.5) is 4.79 Å². The van der Waals surface area contributed by atoms with Crippen LogP contribution in [0.2, 0.25) is 0 Å². The Labute approximate surface area is 102 Å². The molecule has 0 aliphatic rings. The number of rotatable bonds is 5. The van der Waals surface area contributed by atoms with Crippen LogP contribution in [0.25, 0.3) is 0 Å². The highest BCUT2D eigenvalue weighted by molar-refractivity contribution is 5.74. The van der Waals surface area contributed by atoms with Crippen molar-refractivity contribution in [2.75, 3.05) is 6.54 Å². The number of hydrogen-bond donors (Lipinski definition) is 2. The first-order valence-corrected chi connectivity index (χ1v) is 5.42. The Kier molecular flexibility index (Phi) is 6.13. The molecule has 0 rings (SSSR count). The van der Waals surface area contributed by atoms with Crippen LogP contribution in [0, 0.1) is 11.3 Å². The highest BCUT2D eigenvalue weighted by Crippen LogP contribution is 2.06. The van der Waals surface area contributed by atoms with Gasteiger partial charge in [0, 0.05) is 0 Å². The van der Waals surface area contributed by atoms with Gasteiger partial charge in [0.15, 0.2) is 0 Å². The third-order valence-corrected chi connectivity index (χ3v) is 1.68. The van der Waals surface area contributed by atoms with Gasteiger partial charge in [-0.1, -0.05) is 0 Å². The first kappa shape index (κ1) is 15.3. The van der Waals surface area contributed by atoms with Crippen molar-refractivity contribution in [3.05, 3.63) is 0 Å². The maximum absolute atomic E-state index is 11.6. The van der Waals surface area contributed by atoms with Gasteiger partial charge in [-0.2, -0.15) is 15.5 Å². The van der Waals surface area contributed by atoms with Crippen LogP contribution in [-0.2, 0) is 0 Å². The summed E-state index contributed by atoms with van der Waals surface area (Å²) in [5.74, 6) is 5.46. The number of urea groups is 1. The van der Waals surface area contributed by atoms with Gasteiger partial charge in [0.2, 0.25) is 0 Å². The van der Waals surface area contributed by atoms with Gasteiger partial charge in [-0.15, -0.1) is 0 Å². The third-order valence-electron chi connectivity index (χ3n) is 1.68. The molecule has 96 valence electrons. The third kappa shape index (κ3) is 7.25. The number of nitrogens with two attached hydrogens (primary N) is 1. The molecule has 0 saturated heterocycles. The fourth-order valence-electron chi connectivity index (χ4n) is 0.890. The lowest BCUT2D eigenvalue weighted by molar-refractivity contribution is 0.188. The predicted molar refractivity (Wildman–Crippen MR) is 63.7 cm³/mol. The number of nitriles is 1. The van der Waals surface area contributed by atoms with Crippen molar-refractivity contribution in [1.82, 2.24) is 10.3 Å². The van der Waals surface area contributed by atoms with Crippen molar-refractivity contribution in [3.63, 3.8) is 0 Å². The molecular formula is C10H20N6O. The van der Waals surface area contributed by atoms with Gasteiger partial charge < -0.3 is 5.32 Å². The van der Waals surface area contributed by atoms with E-state index in [1.165, 1.54) is 0 Å². The van der Waals surface area contributed by atoms with Crippen molar-refractivity contribution < 1.29 is 4.79 Å². The maximum Gasteiger partial charge on any atom is 0.333 e. The van der Waals surface area contributed by atoms with Crippen LogP contribution in [0.5, 0.6) is 0 Å². The number of amides is 2. The largest absolute Gasteiger partial charge is 0.333 e. The number of carbonyl (C=O) groups excluding carboxylic acids is 1. The van der Waals surface area contributed by atoms with E-state index in [2.05, 4.69) is 15.5 Å². The lowest BCUT2D eigenvalue weighted by Crippen LogP contribution is -2.52. The number of nitrogens with zero attached hydrogens (tertiary/aromatic N) is 4. The molecule has 0 aromatic rings. The van der Waals surface area contributed by atoms with E-state index in [1.54, 1.807) is 13.8 Å². The summed E-state index contributed by atoms with van der Waals surface area (Å²) in [6.45, 7) is 7.40. The van der Waals surface area contributed by atoms with Gasteiger partial charge in [0.1, 0.15) is 5.66 Å². The van der Waals surface area contributed by atoms with Crippen LogP contribution in [0.3, 0.4) is 0 Å². The Balaban J connectivity index is 4.31. The van der Waals surface area contributed by atoms with Crippen LogP contribution in [0.15, 0.2) is 10.2 Å². The number of nitrogens with one attached hydrogen (secondary N) is 1. The molecule has 7 heteroatoms. The van der Waals surface area contributed by atoms with E-state index in [0.29, 0.717) is 0 Å². The van der Waals surface area contributed by atoms with Gasteiger partial charge in [-0.05, 0) is 27.7 Å². The van der Waals surface area contributed by atoms with Gasteiger partial charge in [-0.25, -0.2) is 10.6 Å². The van der Waals surface area contributed by atoms with E-state index in [0.717, 1.165) is 5.01 Å². The molecule has 7 nitrogen and oxygen atoms in total. The first-order valence-electron chi connectivity index (χ1n) is 5.42. The Hall–Kier alpha value is -1.68. The van der Waals surface area contributed by atoms with Gasteiger partial charge in [0.25, 0.3) is 0 Å². The monoisotopic (exact) mass is 240 g/mol. The highest BCUT2D eigenvalue weighted by atomic mass is 16.2. The summed E-state index contributed by atoms with van der Waals surface area (Å²) in [5, 5.41) is 19.9. The Morgan fingerprint density at radius 3 is 2.65 bits per heavy atom. The lowest BCUT2D eigenvalue weighted by Gasteiger charge is -2.24. The predicted octanol–water partition coefficient (Wildman–Crippen LogP) is 1.38. The normalized spacial score (nSPS) is 11.6. The van der Waals surface area contributed by atoms with Gasteiger partial charge >= 0.3 is 6.03 Å². The number of hydrazine groups is 1. The molecule has 0 radical (unpaired) electrons. The Morgan fingerprint density at radius 2 is 2.18 bits per heavy atom. The van der Waals surface area contributed by atoms with E-state index in [9.17, 15) is 4.79 Å². The molecule has 0 heterocycles. The van der Waals surface area contributed by atoms with Crippen molar-refractivity contribution in [2.45, 2.75) is 45.8 Å². The Morgan fingerprint density at radius 1 is 1.59 bits per heavy atom. The molecule has 0 atom stereocenters. The fourth-order valence-corrected chi connectivity index (χ4v) is 0.890. The SMILES string of the molecule is CC(C)/N=N/C(C)(C)NC(=O)N(N)CCC#N. The molecule has 0 fully saturated rings. The second-order valence-electron chi connectivity index (χ2n) is 4.40. The summed E-state index contributed by atoms with van der Waals surface area (Å²) < 4.78 is 0. The molecule has 2 amide bonds. The Bertz CT molecular complexity index is 317. The molecule has 0 aliphatic heterocycles. The topological polar surface area (TPSA) is 107 Å². The molecule has 3 N–H and O–H groups in total. The molecular weight excluding hydrogens is 220 g/mol. The van der Waals surface area contributed by atoms with E-state index in [4.69, 9.17) is 11.1 Å². The average molecular weight is 240 g/mol. The fraction of sp³-hybridized carbons (Fsp3) is 0.800. The van der Waals surface area contributed by atoms with E-state index in [1.807, 2.05) is 19.9 Å². The minimum absolute atomic E-state index is 0.0683. The molecule has 0 aliphatic carbocycles. The molecule has 0 aromatic carbocycles. The number of carbonyl (C=O) groups is 1. The second-order valence-corrected chi connectivity index (χ2v) is 4.40. The summed E-state index contributed by atoms with van der Waals surface area (Å²) in [6, 6.07) is 1.50. The quantitative estimate of drug-likeness (QED) is 0.328. The van der Waals surface area contributed by atoms with Crippen molar-refractivity contribution in [3.8, 4) is 6.07 Å². The van der Waals surface area contributed by atoms with E-state index in [-0.39, 0.29) is 19.0 Å². The molecule has 0 spiro atoms. The van der Waals surface area contributed by atoms with E-state index >= 15 is 0 Å². The minimum Gasteiger partial charge on any atom is -0.311 e. The summed E-state index contributed by atoms with van der Waals surface area (Å²) in [5.41, 5.74) is -0.814. The number of azo groups is 1.